The molecule has 0 amide bonds. The van der Waals surface area contributed by atoms with E-state index in [1.165, 1.54) is 59.7 Å². The maximum Gasteiger partial charge on any atom is 0.185 e. The number of pyridine rings is 1. The molecule has 3 aliphatic rings. The number of rotatable bonds is 8. The Bertz CT molecular complexity index is 4400. The Hall–Kier alpha value is -8.45. The monoisotopic (exact) mass is 1110 g/mol. The quantitative estimate of drug-likeness (QED) is 0.142. The highest BCUT2D eigenvalue weighted by Crippen LogP contribution is 2.52. The van der Waals surface area contributed by atoms with Crippen molar-refractivity contribution in [1.29, 1.82) is 0 Å². The molecule has 0 saturated heterocycles. The van der Waals surface area contributed by atoms with E-state index >= 15 is 0 Å². The van der Waals surface area contributed by atoms with E-state index < -0.39 is 14.1 Å². The molecular formula is C77H76N4OSi. The van der Waals surface area contributed by atoms with E-state index in [9.17, 15) is 2.74 Å². The lowest BCUT2D eigenvalue weighted by molar-refractivity contribution is 0.482. The van der Waals surface area contributed by atoms with Crippen molar-refractivity contribution in [2.75, 3.05) is 21.4 Å². The van der Waals surface area contributed by atoms with Crippen LogP contribution in [-0.2, 0) is 16.2 Å². The first-order chi connectivity index (χ1) is 41.7. The van der Waals surface area contributed by atoms with Crippen molar-refractivity contribution in [1.82, 2.24) is 4.98 Å². The number of benzene rings is 9. The van der Waals surface area contributed by atoms with Crippen LogP contribution in [0, 0.1) is 13.8 Å². The highest BCUT2D eigenvalue weighted by Gasteiger charge is 2.54. The molecule has 414 valence electrons. The van der Waals surface area contributed by atoms with Gasteiger partial charge in [0.15, 0.2) is 8.07 Å². The molecule has 3 aliphatic heterocycles. The summed E-state index contributed by atoms with van der Waals surface area (Å²) < 4.78 is 52.6. The van der Waals surface area contributed by atoms with Gasteiger partial charge in [0.05, 0.1) is 29.6 Å². The number of fused-ring (bicyclic) bond motifs is 10. The van der Waals surface area contributed by atoms with Gasteiger partial charge >= 0.3 is 0 Å². The highest BCUT2D eigenvalue weighted by atomic mass is 28.3. The molecule has 0 saturated carbocycles. The first-order valence-corrected chi connectivity index (χ1v) is 31.3. The summed E-state index contributed by atoms with van der Waals surface area (Å²) in [5.74, 6) is 2.38. The van der Waals surface area contributed by atoms with Gasteiger partial charge in [-0.3, -0.25) is 4.90 Å². The van der Waals surface area contributed by atoms with Gasteiger partial charge in [-0.25, -0.2) is 4.98 Å². The number of para-hydroxylation sites is 4. The standard InChI is InChI=1S/C77H76N4OSi/c1-49(2)53-42-58(79-48-80(66-27-18-17-26-65(66)79)74-61(52-22-15-14-16-23-52)24-21-25-62(74)54-40-56(76(8,9)10)44-57(41-54)77(11,12)13)46-60(43-53)82-59-32-35-72-68(47-59)81(73-45-55(36-37-78-73)75(5,6)7)67-28-19-20-29-71(67)83(72)69-33-30-50(3)38-63(69)64-39-51(4)31-34-70(64)83/h14-47,49H,48H2,1-13H3/i14D,15D,16D,22D,23D. The molecule has 83 heavy (non-hydrogen) atoms. The molecule has 9 aromatic carbocycles. The number of hydrogen-bond donors (Lipinski definition) is 0. The molecule has 0 radical (unpaired) electrons. The summed E-state index contributed by atoms with van der Waals surface area (Å²) in [6.07, 6.45) is 1.95. The number of hydrogen-bond acceptors (Lipinski definition) is 5. The van der Waals surface area contributed by atoms with Gasteiger partial charge in [0, 0.05) is 40.8 Å². The summed E-state index contributed by atoms with van der Waals surface area (Å²) in [4.78, 5) is 12.1. The van der Waals surface area contributed by atoms with E-state index in [1.807, 2.05) is 24.4 Å². The molecule has 5 nitrogen and oxygen atoms in total. The van der Waals surface area contributed by atoms with Crippen LogP contribution in [0.1, 0.15) is 122 Å². The summed E-state index contributed by atoms with van der Waals surface area (Å²) in [7, 11) is -2.98. The molecule has 0 unspecified atom stereocenters. The Morgan fingerprint density at radius 1 is 0.482 bits per heavy atom. The molecule has 0 N–H and O–H groups in total. The molecule has 0 atom stereocenters. The molecule has 0 aliphatic carbocycles. The maximum absolute atomic E-state index is 9.41. The number of aryl methyl sites for hydroxylation is 2. The van der Waals surface area contributed by atoms with Crippen molar-refractivity contribution in [2.45, 2.75) is 112 Å². The topological polar surface area (TPSA) is 31.8 Å². The lowest BCUT2D eigenvalue weighted by Gasteiger charge is -2.43. The van der Waals surface area contributed by atoms with Gasteiger partial charge in [0.2, 0.25) is 0 Å². The minimum absolute atomic E-state index is 0.119. The number of nitrogens with zero attached hydrogens (tertiary/aromatic N) is 4. The van der Waals surface area contributed by atoms with Gasteiger partial charge in [-0.05, 0) is 150 Å². The van der Waals surface area contributed by atoms with Crippen molar-refractivity contribution >= 4 is 68.8 Å². The smallest absolute Gasteiger partial charge is 0.185 e. The van der Waals surface area contributed by atoms with Crippen LogP contribution in [0.5, 0.6) is 11.5 Å². The Balaban J connectivity index is 0.983. The van der Waals surface area contributed by atoms with Crippen molar-refractivity contribution in [2.24, 2.45) is 0 Å². The van der Waals surface area contributed by atoms with E-state index in [2.05, 4.69) is 256 Å². The highest BCUT2D eigenvalue weighted by molar-refractivity contribution is 7.23. The fourth-order valence-electron chi connectivity index (χ4n) is 13.0. The van der Waals surface area contributed by atoms with Crippen LogP contribution < -0.4 is 40.2 Å². The average molecular weight is 1110 g/mol. The summed E-state index contributed by atoms with van der Waals surface area (Å²) in [5.41, 5.74) is 17.6. The van der Waals surface area contributed by atoms with Crippen LogP contribution in [0.2, 0.25) is 0 Å². The minimum atomic E-state index is -2.98. The fourth-order valence-corrected chi connectivity index (χ4v) is 18.4. The SMILES string of the molecule is [2H]c1c([2H])c([2H])c(-c2cccc(-c3cc(C(C)(C)C)cc(C(C)(C)C)c3)c2N2CN(c3cc(Oc4ccc5c(c4)N(c4cc(C(C)(C)C)ccn4)c4ccccc4[Si]54c5ccc(C)cc5-c5cc(C)ccc54)cc(C(C)C)c3)c3ccccc32)c([2H])c1[2H]. The summed E-state index contributed by atoms with van der Waals surface area (Å²) in [6.45, 7) is 29.3. The van der Waals surface area contributed by atoms with Crippen molar-refractivity contribution in [3.05, 3.63) is 240 Å². The second-order valence-electron chi connectivity index (χ2n) is 26.5. The third-order valence-electron chi connectivity index (χ3n) is 17.4. The average Bonchev–Trinajstić information content (AvgIpc) is 1.43. The summed E-state index contributed by atoms with van der Waals surface area (Å²) >= 11 is 0. The lowest BCUT2D eigenvalue weighted by atomic mass is 9.78. The van der Waals surface area contributed by atoms with E-state index in [4.69, 9.17) is 13.8 Å². The Morgan fingerprint density at radius 2 is 1.06 bits per heavy atom. The minimum Gasteiger partial charge on any atom is -0.457 e. The zero-order valence-electron chi connectivity index (χ0n) is 55.2. The van der Waals surface area contributed by atoms with Gasteiger partial charge in [0.25, 0.3) is 0 Å². The fraction of sp³-hybridized carbons (Fsp3) is 0.234. The molecule has 10 aromatic rings. The molecule has 13 rings (SSSR count). The van der Waals surface area contributed by atoms with Crippen molar-refractivity contribution < 1.29 is 11.6 Å². The van der Waals surface area contributed by atoms with Gasteiger partial charge in [-0.2, -0.15) is 0 Å². The molecule has 0 fully saturated rings. The third kappa shape index (κ3) is 9.18. The van der Waals surface area contributed by atoms with E-state index in [1.54, 1.807) is 0 Å². The predicted molar refractivity (Wildman–Crippen MR) is 354 cm³/mol. The third-order valence-corrected chi connectivity index (χ3v) is 22.3. The molecule has 1 spiro atoms. The first-order valence-electron chi connectivity index (χ1n) is 31.8. The molecule has 4 heterocycles. The largest absolute Gasteiger partial charge is 0.457 e. The van der Waals surface area contributed by atoms with Crippen LogP contribution in [0.3, 0.4) is 0 Å². The van der Waals surface area contributed by atoms with Crippen molar-refractivity contribution in [3.63, 3.8) is 0 Å². The Kier molecular flexibility index (Phi) is 11.5. The van der Waals surface area contributed by atoms with Gasteiger partial charge in [0.1, 0.15) is 24.0 Å². The molecule has 0 bridgehead atoms. The van der Waals surface area contributed by atoms with E-state index in [0.29, 0.717) is 23.7 Å². The summed E-state index contributed by atoms with van der Waals surface area (Å²) in [5, 5.41) is 5.39. The van der Waals surface area contributed by atoms with Crippen LogP contribution in [-0.4, -0.2) is 19.7 Å². The van der Waals surface area contributed by atoms with Gasteiger partial charge < -0.3 is 14.5 Å². The number of ether oxygens (including phenoxy) is 1. The van der Waals surface area contributed by atoms with Gasteiger partial charge in [-0.1, -0.05) is 227 Å². The van der Waals surface area contributed by atoms with E-state index in [0.717, 1.165) is 56.6 Å². The van der Waals surface area contributed by atoms with Crippen LogP contribution in [0.15, 0.2) is 206 Å². The number of anilines is 7. The Labute approximate surface area is 501 Å². The number of aromatic nitrogens is 1. The zero-order chi connectivity index (χ0) is 62.3. The first kappa shape index (κ1) is 48.1. The molecule has 1 aromatic heterocycles. The maximum atomic E-state index is 9.41. The van der Waals surface area contributed by atoms with Crippen molar-refractivity contribution in [3.8, 4) is 44.9 Å². The van der Waals surface area contributed by atoms with Crippen LogP contribution in [0.25, 0.3) is 33.4 Å². The van der Waals surface area contributed by atoms with E-state index in [-0.39, 0.29) is 51.9 Å². The molecular weight excluding hydrogens is 1020 g/mol. The normalized spacial score (nSPS) is 15.0. The predicted octanol–water partition coefficient (Wildman–Crippen LogP) is 18.2. The second kappa shape index (κ2) is 19.9. The lowest BCUT2D eigenvalue weighted by Crippen LogP contribution is -2.75. The second-order valence-corrected chi connectivity index (χ2v) is 30.2. The summed E-state index contributed by atoms with van der Waals surface area (Å²) in [6, 6.07) is 60.4. The van der Waals surface area contributed by atoms with Gasteiger partial charge in [-0.15, -0.1) is 0 Å². The molecule has 6 heteroatoms. The Morgan fingerprint density at radius 3 is 1.69 bits per heavy atom. The van der Waals surface area contributed by atoms with Crippen LogP contribution in [0.4, 0.5) is 39.9 Å². The zero-order valence-corrected chi connectivity index (χ0v) is 51.2. The van der Waals surface area contributed by atoms with Crippen LogP contribution >= 0.6 is 0 Å².